The van der Waals surface area contributed by atoms with E-state index in [1.54, 1.807) is 23.5 Å². The molecule has 4 saturated heterocycles. The predicted octanol–water partition coefficient (Wildman–Crippen LogP) is 0.185. The normalized spacial score (nSPS) is 45.2. The molecule has 24 heteroatoms. The number of thioether (sulfide) groups is 1. The Balaban J connectivity index is 1.11. The van der Waals surface area contributed by atoms with E-state index < -0.39 is 91.4 Å². The van der Waals surface area contributed by atoms with Crippen molar-refractivity contribution in [1.82, 2.24) is 24.4 Å². The summed E-state index contributed by atoms with van der Waals surface area (Å²) in [7, 11) is 0. The molecule has 4 fully saturated rings. The van der Waals surface area contributed by atoms with Gasteiger partial charge < -0.3 is 35.3 Å². The lowest BCUT2D eigenvalue weighted by molar-refractivity contribution is -0.194. The SMILES string of the molecule is NC1=CC=NC2C1N=CN2[C@@H]1OC23CO[C@@H]1[C@@H]2OP(O)(=S)OC[C@H]1S[C@@H](n2cnc4c(=O)[nH]c(N)nc42)[C@H](OP(=O)(S)OC3)[C@H]1F. The summed E-state index contributed by atoms with van der Waals surface area (Å²) in [4.78, 5) is 44.8. The monoisotopic (exact) mass is 737 g/mol. The minimum Gasteiger partial charge on any atom is -0.400 e. The number of ether oxygens (including phenoxy) is 2. The summed E-state index contributed by atoms with van der Waals surface area (Å²) in [5.41, 5.74) is 10.3. The second kappa shape index (κ2) is 11.0. The van der Waals surface area contributed by atoms with Crippen molar-refractivity contribution in [2.75, 3.05) is 25.6 Å². The predicted molar refractivity (Wildman–Crippen MR) is 169 cm³/mol. The lowest BCUT2D eigenvalue weighted by Gasteiger charge is -2.37. The van der Waals surface area contributed by atoms with E-state index in [9.17, 15) is 14.3 Å². The first-order chi connectivity index (χ1) is 21.8. The van der Waals surface area contributed by atoms with Gasteiger partial charge >= 0.3 is 13.5 Å². The summed E-state index contributed by atoms with van der Waals surface area (Å²) in [6.45, 7) is -9.43. The summed E-state index contributed by atoms with van der Waals surface area (Å²) in [5, 5.41) is -2.02. The highest BCUT2D eigenvalue weighted by Gasteiger charge is 2.67. The first kappa shape index (κ1) is 31.3. The van der Waals surface area contributed by atoms with Gasteiger partial charge in [-0.1, -0.05) is 12.2 Å². The van der Waals surface area contributed by atoms with Crippen molar-refractivity contribution in [3.05, 3.63) is 28.5 Å². The van der Waals surface area contributed by atoms with Gasteiger partial charge in [-0.25, -0.2) is 13.9 Å². The van der Waals surface area contributed by atoms with Gasteiger partial charge in [-0.05, 0) is 17.9 Å². The van der Waals surface area contributed by atoms with Crippen LogP contribution in [0.1, 0.15) is 5.37 Å². The van der Waals surface area contributed by atoms with Crippen LogP contribution in [0.2, 0.25) is 0 Å². The first-order valence-electron chi connectivity index (χ1n) is 13.8. The molecule has 18 nitrogen and oxygen atoms in total. The van der Waals surface area contributed by atoms with Crippen LogP contribution < -0.4 is 17.0 Å². The largest absolute Gasteiger partial charge is 0.400 e. The van der Waals surface area contributed by atoms with E-state index >= 15 is 4.39 Å². The number of aliphatic imine (C=N–C) groups is 2. The number of dihydropyridines is 1. The molecule has 4 bridgehead atoms. The summed E-state index contributed by atoms with van der Waals surface area (Å²) >= 11 is 10.5. The number of allylic oxidation sites excluding steroid dienone is 1. The molecule has 6 N–H and O–H groups in total. The van der Waals surface area contributed by atoms with E-state index in [0.717, 1.165) is 11.8 Å². The number of aromatic nitrogens is 4. The third-order valence-corrected chi connectivity index (χ3v) is 13.1. The van der Waals surface area contributed by atoms with Crippen molar-refractivity contribution < 1.29 is 41.4 Å². The van der Waals surface area contributed by atoms with E-state index in [4.69, 9.17) is 50.8 Å². The summed E-state index contributed by atoms with van der Waals surface area (Å²) in [5.74, 6) is -0.188. The number of aromatic amines is 1. The van der Waals surface area contributed by atoms with Crippen molar-refractivity contribution in [3.8, 4) is 0 Å². The van der Waals surface area contributed by atoms with Crippen LogP contribution in [0, 0.1) is 0 Å². The molecule has 12 atom stereocenters. The quantitative estimate of drug-likeness (QED) is 0.204. The molecule has 0 aliphatic carbocycles. The Morgan fingerprint density at radius 2 is 2.07 bits per heavy atom. The molecule has 0 amide bonds. The number of hydrogen-bond donors (Lipinski definition) is 5. The zero-order chi connectivity index (χ0) is 32.2. The van der Waals surface area contributed by atoms with Gasteiger partial charge in [-0.2, -0.15) is 4.98 Å². The molecule has 0 spiro atoms. The van der Waals surface area contributed by atoms with Crippen LogP contribution in [0.25, 0.3) is 11.2 Å². The molecule has 0 radical (unpaired) electrons. The lowest BCUT2D eigenvalue weighted by atomic mass is 10.0. The van der Waals surface area contributed by atoms with Crippen LogP contribution >= 0.6 is 37.5 Å². The number of thiol groups is 1. The molecule has 248 valence electrons. The number of hydrogen-bond acceptors (Lipinski definition) is 17. The van der Waals surface area contributed by atoms with Gasteiger partial charge in [0.25, 0.3) is 5.56 Å². The van der Waals surface area contributed by atoms with E-state index in [2.05, 4.69) is 37.2 Å². The average Bonchev–Trinajstić information content (AvgIpc) is 3.80. The Hall–Kier alpha value is -1.94. The number of anilines is 1. The van der Waals surface area contributed by atoms with Gasteiger partial charge in [0, 0.05) is 11.9 Å². The third-order valence-electron chi connectivity index (χ3n) is 8.43. The van der Waals surface area contributed by atoms with Crippen molar-refractivity contribution in [2.45, 2.75) is 59.1 Å². The van der Waals surface area contributed by atoms with E-state index in [1.807, 2.05) is 0 Å². The van der Waals surface area contributed by atoms with E-state index in [-0.39, 0.29) is 23.7 Å². The second-order valence-electron chi connectivity index (χ2n) is 11.3. The van der Waals surface area contributed by atoms with Gasteiger partial charge in [0.15, 0.2) is 23.6 Å². The third kappa shape index (κ3) is 5.09. The van der Waals surface area contributed by atoms with Gasteiger partial charge in [0.1, 0.15) is 41.5 Å². The number of fused-ring (bicyclic) bond motifs is 4. The summed E-state index contributed by atoms with van der Waals surface area (Å²) in [6, 6.07) is -0.442. The fourth-order valence-electron chi connectivity index (χ4n) is 6.31. The Bertz CT molecular complexity index is 1850. The highest BCUT2D eigenvalue weighted by Crippen LogP contribution is 2.62. The minimum absolute atomic E-state index is 0.0428. The van der Waals surface area contributed by atoms with Crippen molar-refractivity contribution in [1.29, 1.82) is 0 Å². The minimum atomic E-state index is -4.35. The van der Waals surface area contributed by atoms with Crippen molar-refractivity contribution in [3.63, 3.8) is 0 Å². The molecule has 8 rings (SSSR count). The number of nitrogens with two attached hydrogens (primary N) is 2. The standard InChI is InChI=1S/C22H26FN9O9P2S3/c23-10-9-3-37-42(34,44)41-15-14-19(31-6-27-11-8(24)1-2-26-16(11)31)39-22(15,4-36-14)5-38-43(35,45)40-13(10)20(46-9)32-7-28-12-17(32)29-21(25)30-18(12)33/h1-2,6-7,9-11,13-16,19-20H,3-5,24H2,(H,34,44)(H,35,45)(H3,25,29,30,33)/t9-,10+,11?,13-,14-,15+,16?,19-,20-,22?,42?,43?/m1/s1. The lowest BCUT2D eigenvalue weighted by Crippen LogP contribution is -2.52. The Kier molecular flexibility index (Phi) is 7.52. The Morgan fingerprint density at radius 3 is 2.89 bits per heavy atom. The molecule has 6 aliphatic heterocycles. The van der Waals surface area contributed by atoms with Crippen LogP contribution in [0.5, 0.6) is 0 Å². The van der Waals surface area contributed by atoms with Crippen LogP contribution in [0.3, 0.4) is 0 Å². The topological polar surface area (TPSA) is 236 Å². The van der Waals surface area contributed by atoms with Crippen LogP contribution in [0.4, 0.5) is 10.3 Å². The van der Waals surface area contributed by atoms with E-state index in [0.29, 0.717) is 5.70 Å². The zero-order valence-electron chi connectivity index (χ0n) is 23.2. The molecule has 2 aromatic heterocycles. The maximum atomic E-state index is 16.1. The van der Waals surface area contributed by atoms with Gasteiger partial charge in [-0.15, -0.1) is 11.8 Å². The number of nitrogens with one attached hydrogen (secondary N) is 1. The molecule has 0 aromatic carbocycles. The van der Waals surface area contributed by atoms with Gasteiger partial charge in [-0.3, -0.25) is 37.9 Å². The molecule has 6 aliphatic rings. The second-order valence-corrected chi connectivity index (χ2v) is 18.3. The molecule has 46 heavy (non-hydrogen) atoms. The number of rotatable bonds is 2. The number of nitrogens with zero attached hydrogens (tertiary/aromatic N) is 6. The van der Waals surface area contributed by atoms with E-state index in [1.165, 1.54) is 10.9 Å². The first-order valence-corrected chi connectivity index (χ1v) is 20.0. The maximum Gasteiger partial charge on any atom is 0.386 e. The highest BCUT2D eigenvalue weighted by atomic mass is 32.7. The molecular formula is C22H26FN9O9P2S3. The van der Waals surface area contributed by atoms with Crippen LogP contribution in [0.15, 0.2) is 32.9 Å². The van der Waals surface area contributed by atoms with Crippen molar-refractivity contribution in [2.24, 2.45) is 15.7 Å². The number of H-pyrrole nitrogens is 1. The maximum absolute atomic E-state index is 16.1. The molecule has 0 saturated carbocycles. The number of nitrogen functional groups attached to an aromatic ring is 1. The van der Waals surface area contributed by atoms with Crippen molar-refractivity contribution >= 4 is 79.0 Å². The highest BCUT2D eigenvalue weighted by molar-refractivity contribution is 8.44. The zero-order valence-corrected chi connectivity index (χ0v) is 27.5. The fourth-order valence-corrected chi connectivity index (χ4v) is 10.9. The molecule has 2 aromatic rings. The Labute approximate surface area is 273 Å². The van der Waals surface area contributed by atoms with Crippen LogP contribution in [-0.4, -0.2) is 115 Å². The Morgan fingerprint density at radius 1 is 1.24 bits per heavy atom. The molecule has 5 unspecified atom stereocenters. The summed E-state index contributed by atoms with van der Waals surface area (Å²) in [6.07, 6.45) is -0.569. The molecule has 8 heterocycles. The summed E-state index contributed by atoms with van der Waals surface area (Å²) < 4.78 is 66.9. The number of halogens is 1. The molecular weight excluding hydrogens is 711 g/mol. The average molecular weight is 738 g/mol. The fraction of sp³-hybridized carbons (Fsp3) is 0.591. The van der Waals surface area contributed by atoms with Gasteiger partial charge in [0.05, 0.1) is 37.7 Å². The van der Waals surface area contributed by atoms with Gasteiger partial charge in [0.2, 0.25) is 5.95 Å². The van der Waals surface area contributed by atoms with Crippen LogP contribution in [-0.2, 0) is 43.9 Å². The number of alkyl halides is 1. The smallest absolute Gasteiger partial charge is 0.386 e. The number of imidazole rings is 1.